The molecule has 0 aliphatic rings. The highest BCUT2D eigenvalue weighted by Crippen LogP contribution is 2.11. The van der Waals surface area contributed by atoms with Crippen molar-refractivity contribution < 1.29 is 14.7 Å². The molecule has 0 bridgehead atoms. The van der Waals surface area contributed by atoms with Crippen LogP contribution in [-0.2, 0) is 4.79 Å². The Morgan fingerprint density at radius 2 is 1.95 bits per heavy atom. The minimum Gasteiger partial charge on any atom is -0.480 e. The van der Waals surface area contributed by atoms with E-state index in [4.69, 9.17) is 5.11 Å². The number of hydrogen-bond donors (Lipinski definition) is 1. The number of aromatic nitrogens is 4. The number of carboxylic acid groups (broad SMARTS) is 1. The van der Waals surface area contributed by atoms with Crippen molar-refractivity contribution in [3.8, 4) is 5.69 Å². The summed E-state index contributed by atoms with van der Waals surface area (Å²) in [6, 6.07) is 6.68. The number of amides is 1. The third kappa shape index (κ3) is 3.87. The Bertz CT molecular complexity index is 637. The smallest absolute Gasteiger partial charge is 0.323 e. The molecule has 0 radical (unpaired) electrons. The zero-order valence-electron chi connectivity index (χ0n) is 12.4. The summed E-state index contributed by atoms with van der Waals surface area (Å²) in [4.78, 5) is 24.7. The summed E-state index contributed by atoms with van der Waals surface area (Å²) in [5.74, 6) is -1.15. The molecule has 22 heavy (non-hydrogen) atoms. The standard InChI is InChI=1S/C14H17N5O3/c1-10(2)7-18(8-13(20)21)14(22)11-3-5-12(6-4-11)19-9-15-16-17-19/h3-6,9-10H,7-8H2,1-2H3,(H,20,21). The van der Waals surface area contributed by atoms with E-state index in [0.29, 0.717) is 12.1 Å². The third-order valence-electron chi connectivity index (χ3n) is 2.93. The molecule has 0 unspecified atom stereocenters. The number of rotatable bonds is 6. The predicted molar refractivity (Wildman–Crippen MR) is 77.5 cm³/mol. The van der Waals surface area contributed by atoms with Crippen LogP contribution in [0, 0.1) is 5.92 Å². The number of nitrogens with zero attached hydrogens (tertiary/aromatic N) is 5. The Morgan fingerprint density at radius 1 is 1.27 bits per heavy atom. The van der Waals surface area contributed by atoms with Crippen LogP contribution in [0.1, 0.15) is 24.2 Å². The van der Waals surface area contributed by atoms with Gasteiger partial charge in [-0.1, -0.05) is 13.8 Å². The van der Waals surface area contributed by atoms with Crippen molar-refractivity contribution in [1.29, 1.82) is 0 Å². The SMILES string of the molecule is CC(C)CN(CC(=O)O)C(=O)c1ccc(-n2cnnn2)cc1. The van der Waals surface area contributed by atoms with E-state index < -0.39 is 5.97 Å². The summed E-state index contributed by atoms with van der Waals surface area (Å²) in [6.07, 6.45) is 1.45. The summed E-state index contributed by atoms with van der Waals surface area (Å²) in [7, 11) is 0. The molecule has 116 valence electrons. The lowest BCUT2D eigenvalue weighted by Gasteiger charge is -2.22. The first-order valence-electron chi connectivity index (χ1n) is 6.82. The Morgan fingerprint density at radius 3 is 2.45 bits per heavy atom. The maximum absolute atomic E-state index is 12.4. The number of tetrazole rings is 1. The second-order valence-electron chi connectivity index (χ2n) is 5.27. The highest BCUT2D eigenvalue weighted by molar-refractivity contribution is 5.96. The lowest BCUT2D eigenvalue weighted by atomic mass is 10.1. The van der Waals surface area contributed by atoms with Gasteiger partial charge in [0.2, 0.25) is 0 Å². The fourth-order valence-electron chi connectivity index (χ4n) is 2.04. The van der Waals surface area contributed by atoms with Gasteiger partial charge in [0.15, 0.2) is 0 Å². The molecule has 1 heterocycles. The van der Waals surface area contributed by atoms with Gasteiger partial charge in [0, 0.05) is 12.1 Å². The van der Waals surface area contributed by atoms with Crippen LogP contribution in [0.3, 0.4) is 0 Å². The molecule has 1 aromatic heterocycles. The van der Waals surface area contributed by atoms with Gasteiger partial charge in [0.1, 0.15) is 12.9 Å². The molecule has 0 aliphatic heterocycles. The molecule has 1 aromatic carbocycles. The van der Waals surface area contributed by atoms with Gasteiger partial charge < -0.3 is 10.0 Å². The van der Waals surface area contributed by atoms with E-state index in [1.54, 1.807) is 24.3 Å². The van der Waals surface area contributed by atoms with Crippen molar-refractivity contribution in [1.82, 2.24) is 25.1 Å². The lowest BCUT2D eigenvalue weighted by Crippen LogP contribution is -2.38. The molecule has 0 aliphatic carbocycles. The Balaban J connectivity index is 2.17. The molecule has 0 atom stereocenters. The first-order valence-corrected chi connectivity index (χ1v) is 6.82. The zero-order valence-corrected chi connectivity index (χ0v) is 12.4. The second-order valence-corrected chi connectivity index (χ2v) is 5.27. The van der Waals surface area contributed by atoms with Crippen LogP contribution in [0.4, 0.5) is 0 Å². The van der Waals surface area contributed by atoms with Crippen molar-refractivity contribution in [2.24, 2.45) is 5.92 Å². The Kier molecular flexibility index (Phi) is 4.82. The average Bonchev–Trinajstić information content (AvgIpc) is 2.99. The molecule has 2 rings (SSSR count). The van der Waals surface area contributed by atoms with E-state index in [1.165, 1.54) is 15.9 Å². The van der Waals surface area contributed by atoms with Gasteiger partial charge in [-0.2, -0.15) is 0 Å². The molecule has 0 saturated carbocycles. The largest absolute Gasteiger partial charge is 0.480 e. The normalized spacial score (nSPS) is 10.7. The van der Waals surface area contributed by atoms with E-state index in [9.17, 15) is 9.59 Å². The molecule has 0 fully saturated rings. The van der Waals surface area contributed by atoms with Crippen molar-refractivity contribution >= 4 is 11.9 Å². The van der Waals surface area contributed by atoms with Gasteiger partial charge in [-0.15, -0.1) is 5.10 Å². The fraction of sp³-hybridized carbons (Fsp3) is 0.357. The number of carboxylic acids is 1. The zero-order chi connectivity index (χ0) is 16.1. The van der Waals surface area contributed by atoms with E-state index in [2.05, 4.69) is 15.5 Å². The molecule has 0 spiro atoms. The van der Waals surface area contributed by atoms with E-state index in [-0.39, 0.29) is 18.4 Å². The summed E-state index contributed by atoms with van der Waals surface area (Å²) in [5.41, 5.74) is 1.15. The molecule has 2 aromatic rings. The van der Waals surface area contributed by atoms with Gasteiger partial charge in [0.25, 0.3) is 5.91 Å². The first kappa shape index (κ1) is 15.6. The summed E-state index contributed by atoms with van der Waals surface area (Å²) < 4.78 is 1.47. The van der Waals surface area contributed by atoms with Crippen LogP contribution in [0.5, 0.6) is 0 Å². The van der Waals surface area contributed by atoms with Gasteiger partial charge >= 0.3 is 5.97 Å². The first-order chi connectivity index (χ1) is 10.5. The second kappa shape index (κ2) is 6.79. The van der Waals surface area contributed by atoms with Gasteiger partial charge in [0.05, 0.1) is 5.69 Å². The number of carbonyl (C=O) groups excluding carboxylic acids is 1. The number of hydrogen-bond acceptors (Lipinski definition) is 5. The molecule has 1 N–H and O–H groups in total. The predicted octanol–water partition coefficient (Wildman–Crippen LogP) is 0.845. The maximum atomic E-state index is 12.4. The van der Waals surface area contributed by atoms with Crippen LogP contribution in [0.15, 0.2) is 30.6 Å². The van der Waals surface area contributed by atoms with Crippen molar-refractivity contribution in [3.63, 3.8) is 0 Å². The van der Waals surface area contributed by atoms with E-state index >= 15 is 0 Å². The molecule has 0 saturated heterocycles. The topological polar surface area (TPSA) is 101 Å². The molecule has 1 amide bonds. The van der Waals surface area contributed by atoms with Crippen molar-refractivity contribution in [3.05, 3.63) is 36.2 Å². The summed E-state index contributed by atoms with van der Waals surface area (Å²) in [6.45, 7) is 3.94. The monoisotopic (exact) mass is 303 g/mol. The number of aliphatic carboxylic acids is 1. The minimum atomic E-state index is -1.03. The third-order valence-corrected chi connectivity index (χ3v) is 2.93. The lowest BCUT2D eigenvalue weighted by molar-refractivity contribution is -0.137. The van der Waals surface area contributed by atoms with Crippen LogP contribution in [-0.4, -0.2) is 55.2 Å². The highest BCUT2D eigenvalue weighted by Gasteiger charge is 2.19. The van der Waals surface area contributed by atoms with Gasteiger partial charge in [-0.3, -0.25) is 9.59 Å². The molecular formula is C14H17N5O3. The van der Waals surface area contributed by atoms with E-state index in [1.807, 2.05) is 13.8 Å². The van der Waals surface area contributed by atoms with Gasteiger partial charge in [-0.05, 0) is 40.6 Å². The summed E-state index contributed by atoms with van der Waals surface area (Å²) >= 11 is 0. The fourth-order valence-corrected chi connectivity index (χ4v) is 2.04. The Hall–Kier alpha value is -2.77. The van der Waals surface area contributed by atoms with Crippen LogP contribution < -0.4 is 0 Å². The maximum Gasteiger partial charge on any atom is 0.323 e. The van der Waals surface area contributed by atoms with Crippen molar-refractivity contribution in [2.45, 2.75) is 13.8 Å². The molecule has 8 heteroatoms. The average molecular weight is 303 g/mol. The highest BCUT2D eigenvalue weighted by atomic mass is 16.4. The van der Waals surface area contributed by atoms with Crippen LogP contribution in [0.25, 0.3) is 5.69 Å². The summed E-state index contributed by atoms with van der Waals surface area (Å²) in [5, 5.41) is 19.8. The van der Waals surface area contributed by atoms with Crippen LogP contribution in [0.2, 0.25) is 0 Å². The van der Waals surface area contributed by atoms with E-state index in [0.717, 1.165) is 5.69 Å². The molecular weight excluding hydrogens is 286 g/mol. The quantitative estimate of drug-likeness (QED) is 0.848. The number of benzene rings is 1. The van der Waals surface area contributed by atoms with Gasteiger partial charge in [-0.25, -0.2) is 4.68 Å². The Labute approximate surface area is 127 Å². The van der Waals surface area contributed by atoms with Crippen LogP contribution >= 0.6 is 0 Å². The minimum absolute atomic E-state index is 0.184. The number of carbonyl (C=O) groups is 2. The molecule has 8 nitrogen and oxygen atoms in total. The van der Waals surface area contributed by atoms with Crippen molar-refractivity contribution in [2.75, 3.05) is 13.1 Å².